The van der Waals surface area contributed by atoms with Crippen molar-refractivity contribution in [3.05, 3.63) is 73.4 Å². The minimum Gasteiger partial charge on any atom is -0.492 e. The molecule has 0 saturated heterocycles. The Morgan fingerprint density at radius 2 is 1.82 bits per heavy atom. The summed E-state index contributed by atoms with van der Waals surface area (Å²) in [7, 11) is 0. The lowest BCUT2D eigenvalue weighted by Crippen LogP contribution is -2.20. The summed E-state index contributed by atoms with van der Waals surface area (Å²) in [6.07, 6.45) is 0. The fraction of sp³-hybridized carbons (Fsp3) is 0.105. The molecule has 0 amide bonds. The Hall–Kier alpha value is -2.62. The summed E-state index contributed by atoms with van der Waals surface area (Å²) in [4.78, 5) is 16.2. The molecule has 0 saturated carbocycles. The summed E-state index contributed by atoms with van der Waals surface area (Å²) in [5.74, 6) is 0.268. The molecule has 0 radical (unpaired) electrons. The average molecular weight is 432 g/mol. The molecular weight excluding hydrogens is 417 g/mol. The van der Waals surface area contributed by atoms with Gasteiger partial charge in [-0.25, -0.2) is 4.39 Å². The first kappa shape index (κ1) is 18.7. The van der Waals surface area contributed by atoms with Crippen molar-refractivity contribution in [1.82, 2.24) is 14.1 Å². The number of benzene rings is 2. The van der Waals surface area contributed by atoms with Gasteiger partial charge in [0.2, 0.25) is 0 Å². The van der Waals surface area contributed by atoms with E-state index in [0.29, 0.717) is 32.3 Å². The third-order valence-electron chi connectivity index (χ3n) is 4.13. The molecule has 0 fully saturated rings. The van der Waals surface area contributed by atoms with Crippen molar-refractivity contribution in [3.8, 4) is 17.1 Å². The lowest BCUT2D eigenvalue weighted by Gasteiger charge is -2.12. The molecule has 0 atom stereocenters. The molecule has 5 nitrogen and oxygen atoms in total. The number of nitrogens with zero attached hydrogens (tertiary/aromatic N) is 2. The molecule has 2 heterocycles. The van der Waals surface area contributed by atoms with Gasteiger partial charge in [-0.3, -0.25) is 13.9 Å². The predicted molar refractivity (Wildman–Crippen MR) is 114 cm³/mol. The number of fused-ring (bicyclic) bond motifs is 1. The third-order valence-corrected chi connectivity index (χ3v) is 5.77. The monoisotopic (exact) mass is 431 g/mol. The normalized spacial score (nSPS) is 11.1. The van der Waals surface area contributed by atoms with E-state index >= 15 is 0 Å². The number of hydrogen-bond donors (Lipinski definition) is 1. The van der Waals surface area contributed by atoms with E-state index in [1.807, 2.05) is 31.2 Å². The van der Waals surface area contributed by atoms with Gasteiger partial charge in [0.25, 0.3) is 5.56 Å². The number of ether oxygens (including phenoxy) is 1. The number of thiazole rings is 1. The van der Waals surface area contributed by atoms with Crippen molar-refractivity contribution in [2.45, 2.75) is 6.92 Å². The molecule has 0 aliphatic heterocycles. The van der Waals surface area contributed by atoms with Crippen LogP contribution in [-0.4, -0.2) is 20.7 Å². The molecular formula is C19H14FN3O2S3. The van der Waals surface area contributed by atoms with Gasteiger partial charge in [0, 0.05) is 0 Å². The van der Waals surface area contributed by atoms with E-state index in [4.69, 9.17) is 29.2 Å². The first-order valence-corrected chi connectivity index (χ1v) is 10.0. The summed E-state index contributed by atoms with van der Waals surface area (Å²) in [5, 5.41) is 0. The number of rotatable bonds is 4. The number of H-pyrrole nitrogens is 1. The summed E-state index contributed by atoms with van der Waals surface area (Å²) < 4.78 is 23.2. The van der Waals surface area contributed by atoms with Crippen LogP contribution in [-0.2, 0) is 0 Å². The van der Waals surface area contributed by atoms with Crippen LogP contribution in [0.25, 0.3) is 21.7 Å². The molecule has 142 valence electrons. The van der Waals surface area contributed by atoms with Crippen molar-refractivity contribution in [3.63, 3.8) is 0 Å². The second kappa shape index (κ2) is 7.42. The van der Waals surface area contributed by atoms with Crippen LogP contribution in [0.15, 0.2) is 53.3 Å². The van der Waals surface area contributed by atoms with E-state index in [1.165, 1.54) is 40.2 Å². The van der Waals surface area contributed by atoms with Gasteiger partial charge in [0.1, 0.15) is 21.9 Å². The largest absolute Gasteiger partial charge is 0.492 e. The quantitative estimate of drug-likeness (QED) is 0.453. The minimum atomic E-state index is -0.387. The first-order chi connectivity index (χ1) is 13.5. The predicted octanol–water partition coefficient (Wildman–Crippen LogP) is 5.17. The molecule has 0 aliphatic carbocycles. The molecule has 4 aromatic rings. The highest BCUT2D eigenvalue weighted by Gasteiger charge is 2.17. The van der Waals surface area contributed by atoms with Crippen LogP contribution < -0.4 is 10.3 Å². The number of aromatic nitrogens is 3. The van der Waals surface area contributed by atoms with Gasteiger partial charge in [-0.05, 0) is 67.8 Å². The van der Waals surface area contributed by atoms with E-state index in [9.17, 15) is 9.18 Å². The Labute approximate surface area is 173 Å². The van der Waals surface area contributed by atoms with Gasteiger partial charge in [-0.1, -0.05) is 23.5 Å². The molecule has 2 aromatic heterocycles. The fourth-order valence-corrected chi connectivity index (χ4v) is 4.54. The lowest BCUT2D eigenvalue weighted by atomic mass is 10.3. The van der Waals surface area contributed by atoms with Crippen molar-refractivity contribution in [2.24, 2.45) is 0 Å². The summed E-state index contributed by atoms with van der Waals surface area (Å²) in [6.45, 7) is 2.40. The molecule has 9 heteroatoms. The standard InChI is InChI=1S/C19H14FN3O2S3/c1-2-25-14-6-4-3-5-13(14)23-16-15(28-19(23)27)17(24)22(18(26)21-16)12-9-7-11(20)8-10-12/h3-10H,2H2,1H3,(H,21,26). The van der Waals surface area contributed by atoms with Gasteiger partial charge in [0.05, 0.1) is 18.0 Å². The van der Waals surface area contributed by atoms with E-state index < -0.39 is 0 Å². The first-order valence-electron chi connectivity index (χ1n) is 8.40. The zero-order valence-corrected chi connectivity index (χ0v) is 17.1. The van der Waals surface area contributed by atoms with E-state index in [0.717, 1.165) is 5.69 Å². The SMILES string of the molecule is CCOc1ccccc1-n1c(=S)sc2c(=O)n(-c3ccc(F)cc3)c(=S)[nH]c21. The number of hydrogen-bond acceptors (Lipinski definition) is 5. The van der Waals surface area contributed by atoms with Crippen molar-refractivity contribution in [2.75, 3.05) is 6.61 Å². The molecule has 0 spiro atoms. The highest BCUT2D eigenvalue weighted by molar-refractivity contribution is 7.73. The fourth-order valence-electron chi connectivity index (χ4n) is 2.95. The molecule has 0 aliphatic rings. The minimum absolute atomic E-state index is 0.194. The van der Waals surface area contributed by atoms with Crippen LogP contribution in [0.3, 0.4) is 0 Å². The molecule has 28 heavy (non-hydrogen) atoms. The second-order valence-corrected chi connectivity index (χ2v) is 7.86. The van der Waals surface area contributed by atoms with E-state index in [1.54, 1.807) is 4.57 Å². The van der Waals surface area contributed by atoms with Crippen molar-refractivity contribution < 1.29 is 9.13 Å². The molecule has 0 bridgehead atoms. The zero-order valence-electron chi connectivity index (χ0n) is 14.6. The smallest absolute Gasteiger partial charge is 0.278 e. The highest BCUT2D eigenvalue weighted by atomic mass is 32.1. The Balaban J connectivity index is 2.02. The molecule has 4 rings (SSSR count). The van der Waals surface area contributed by atoms with Crippen LogP contribution in [0.4, 0.5) is 4.39 Å². The Morgan fingerprint density at radius 1 is 1.11 bits per heavy atom. The van der Waals surface area contributed by atoms with Gasteiger partial charge in [-0.15, -0.1) is 0 Å². The van der Waals surface area contributed by atoms with Crippen LogP contribution in [0.5, 0.6) is 5.75 Å². The van der Waals surface area contributed by atoms with Crippen molar-refractivity contribution in [1.29, 1.82) is 0 Å². The summed E-state index contributed by atoms with van der Waals surface area (Å²) >= 11 is 12.1. The van der Waals surface area contributed by atoms with Gasteiger partial charge >= 0.3 is 0 Å². The third kappa shape index (κ3) is 3.11. The zero-order chi connectivity index (χ0) is 19.8. The molecule has 2 aromatic carbocycles. The second-order valence-electron chi connectivity index (χ2n) is 5.83. The number of para-hydroxylation sites is 2. The maximum atomic E-state index is 13.3. The summed E-state index contributed by atoms with van der Waals surface area (Å²) in [5.41, 5.74) is 1.41. The summed E-state index contributed by atoms with van der Waals surface area (Å²) in [6, 6.07) is 13.0. The van der Waals surface area contributed by atoms with Crippen LogP contribution in [0.1, 0.15) is 6.92 Å². The van der Waals surface area contributed by atoms with Gasteiger partial charge in [-0.2, -0.15) is 0 Å². The molecule has 1 N–H and O–H groups in total. The highest BCUT2D eigenvalue weighted by Crippen LogP contribution is 2.29. The van der Waals surface area contributed by atoms with E-state index in [-0.39, 0.29) is 16.1 Å². The topological polar surface area (TPSA) is 51.9 Å². The van der Waals surface area contributed by atoms with Crippen LogP contribution >= 0.6 is 35.8 Å². The van der Waals surface area contributed by atoms with Gasteiger partial charge in [0.15, 0.2) is 8.73 Å². The maximum Gasteiger partial charge on any atom is 0.278 e. The van der Waals surface area contributed by atoms with Crippen LogP contribution in [0.2, 0.25) is 0 Å². The number of aromatic amines is 1. The van der Waals surface area contributed by atoms with E-state index in [2.05, 4.69) is 4.98 Å². The number of nitrogens with one attached hydrogen (secondary N) is 1. The maximum absolute atomic E-state index is 13.3. The lowest BCUT2D eigenvalue weighted by molar-refractivity contribution is 0.339. The molecule has 0 unspecified atom stereocenters. The van der Waals surface area contributed by atoms with Gasteiger partial charge < -0.3 is 9.72 Å². The van der Waals surface area contributed by atoms with Crippen LogP contribution in [0, 0.1) is 14.5 Å². The average Bonchev–Trinajstić information content (AvgIpc) is 3.00. The Bertz CT molecular complexity index is 1350. The van der Waals surface area contributed by atoms with Crippen molar-refractivity contribution >= 4 is 46.1 Å². The Kier molecular flexibility index (Phi) is 4.96. The Morgan fingerprint density at radius 3 is 2.54 bits per heavy atom. The number of halogens is 1.